The molecule has 6 heteroatoms. The topological polar surface area (TPSA) is 70.4 Å². The Bertz CT molecular complexity index is 971. The van der Waals surface area contributed by atoms with Crippen LogP contribution in [0.25, 0.3) is 28.5 Å². The summed E-state index contributed by atoms with van der Waals surface area (Å²) in [5.41, 5.74) is 3.00. The molecule has 0 atom stereocenters. The van der Waals surface area contributed by atoms with Gasteiger partial charge in [-0.25, -0.2) is 19.1 Å². The standard InChI is InChI=1S/C20H18N2O4/c1-3-26-20(24)22-17-7-5-4-6-16(17)21-19(22)15-11-8-14(9-12-15)10-13-18(23)25-2/h4-13H,3H2,1-2H3/b13-10+. The van der Waals surface area contributed by atoms with Crippen molar-refractivity contribution in [2.45, 2.75) is 6.92 Å². The Hall–Kier alpha value is -3.41. The van der Waals surface area contributed by atoms with Crippen LogP contribution in [-0.2, 0) is 14.3 Å². The van der Waals surface area contributed by atoms with E-state index in [1.54, 1.807) is 13.0 Å². The maximum absolute atomic E-state index is 12.4. The van der Waals surface area contributed by atoms with E-state index in [2.05, 4.69) is 9.72 Å². The molecule has 0 fully saturated rings. The minimum atomic E-state index is -0.467. The summed E-state index contributed by atoms with van der Waals surface area (Å²) in [5.74, 6) is 0.0892. The van der Waals surface area contributed by atoms with Gasteiger partial charge in [-0.15, -0.1) is 0 Å². The summed E-state index contributed by atoms with van der Waals surface area (Å²) in [6.07, 6.45) is 2.54. The zero-order valence-corrected chi connectivity index (χ0v) is 14.5. The van der Waals surface area contributed by atoms with Gasteiger partial charge in [0.1, 0.15) is 0 Å². The number of hydrogen-bond acceptors (Lipinski definition) is 5. The number of para-hydroxylation sites is 2. The largest absolute Gasteiger partial charge is 0.466 e. The molecule has 0 spiro atoms. The first-order valence-electron chi connectivity index (χ1n) is 8.15. The maximum atomic E-state index is 12.4. The molecule has 0 saturated heterocycles. The Labute approximate surface area is 150 Å². The monoisotopic (exact) mass is 350 g/mol. The minimum absolute atomic E-state index is 0.280. The van der Waals surface area contributed by atoms with Crippen LogP contribution in [0.2, 0.25) is 0 Å². The average Bonchev–Trinajstić information content (AvgIpc) is 3.06. The molecule has 132 valence electrons. The lowest BCUT2D eigenvalue weighted by Gasteiger charge is -2.08. The number of carbonyl (C=O) groups is 2. The molecule has 0 bridgehead atoms. The van der Waals surface area contributed by atoms with Crippen LogP contribution in [0.4, 0.5) is 4.79 Å². The van der Waals surface area contributed by atoms with Gasteiger partial charge in [-0.2, -0.15) is 0 Å². The van der Waals surface area contributed by atoms with E-state index < -0.39 is 12.1 Å². The number of ether oxygens (including phenoxy) is 2. The number of aromatic nitrogens is 2. The predicted octanol–water partition coefficient (Wildman–Crippen LogP) is 3.89. The molecule has 0 amide bonds. The van der Waals surface area contributed by atoms with E-state index in [1.165, 1.54) is 17.8 Å². The van der Waals surface area contributed by atoms with Crippen LogP contribution in [0.3, 0.4) is 0 Å². The smallest absolute Gasteiger partial charge is 0.420 e. The van der Waals surface area contributed by atoms with Crippen molar-refractivity contribution in [2.24, 2.45) is 0 Å². The van der Waals surface area contributed by atoms with Crippen molar-refractivity contribution >= 4 is 29.2 Å². The van der Waals surface area contributed by atoms with E-state index in [-0.39, 0.29) is 6.61 Å². The number of benzene rings is 2. The minimum Gasteiger partial charge on any atom is -0.466 e. The fourth-order valence-electron chi connectivity index (χ4n) is 2.57. The molecular formula is C20H18N2O4. The molecular weight excluding hydrogens is 332 g/mol. The van der Waals surface area contributed by atoms with Gasteiger partial charge in [-0.3, -0.25) is 0 Å². The van der Waals surface area contributed by atoms with E-state index in [9.17, 15) is 9.59 Å². The number of rotatable bonds is 4. The summed E-state index contributed by atoms with van der Waals surface area (Å²) >= 11 is 0. The normalized spacial score (nSPS) is 11.0. The van der Waals surface area contributed by atoms with Gasteiger partial charge in [0.2, 0.25) is 0 Å². The number of esters is 1. The molecule has 2 aromatic carbocycles. The van der Waals surface area contributed by atoms with Gasteiger partial charge in [0.25, 0.3) is 0 Å². The molecule has 0 N–H and O–H groups in total. The van der Waals surface area contributed by atoms with E-state index in [0.29, 0.717) is 16.9 Å². The second kappa shape index (κ2) is 7.65. The van der Waals surface area contributed by atoms with Crippen LogP contribution >= 0.6 is 0 Å². The highest BCUT2D eigenvalue weighted by Crippen LogP contribution is 2.25. The first-order valence-corrected chi connectivity index (χ1v) is 8.15. The van der Waals surface area contributed by atoms with Gasteiger partial charge < -0.3 is 9.47 Å². The van der Waals surface area contributed by atoms with Crippen molar-refractivity contribution in [2.75, 3.05) is 13.7 Å². The maximum Gasteiger partial charge on any atom is 0.420 e. The van der Waals surface area contributed by atoms with Crippen molar-refractivity contribution in [3.63, 3.8) is 0 Å². The number of nitrogens with zero attached hydrogens (tertiary/aromatic N) is 2. The Morgan fingerprint density at radius 3 is 2.54 bits per heavy atom. The second-order valence-corrected chi connectivity index (χ2v) is 5.44. The summed E-state index contributed by atoms with van der Waals surface area (Å²) in [5, 5.41) is 0. The van der Waals surface area contributed by atoms with Crippen molar-refractivity contribution in [3.05, 3.63) is 60.2 Å². The lowest BCUT2D eigenvalue weighted by Crippen LogP contribution is -2.14. The third kappa shape index (κ3) is 3.49. The van der Waals surface area contributed by atoms with Gasteiger partial charge in [-0.05, 0) is 30.7 Å². The number of fused-ring (bicyclic) bond motifs is 1. The Kier molecular flexibility index (Phi) is 5.12. The van der Waals surface area contributed by atoms with Gasteiger partial charge >= 0.3 is 12.1 Å². The van der Waals surface area contributed by atoms with Crippen molar-refractivity contribution < 1.29 is 19.1 Å². The first-order chi connectivity index (χ1) is 12.6. The molecule has 0 radical (unpaired) electrons. The predicted molar refractivity (Wildman–Crippen MR) is 98.6 cm³/mol. The third-order valence-electron chi connectivity index (χ3n) is 3.79. The van der Waals surface area contributed by atoms with E-state index in [1.807, 2.05) is 48.5 Å². The number of hydrogen-bond donors (Lipinski definition) is 0. The Morgan fingerprint density at radius 1 is 1.12 bits per heavy atom. The van der Waals surface area contributed by atoms with Crippen LogP contribution in [0.15, 0.2) is 54.6 Å². The van der Waals surface area contributed by atoms with Crippen LogP contribution in [0, 0.1) is 0 Å². The molecule has 3 aromatic rings. The SMILES string of the molecule is CCOC(=O)n1c(-c2ccc(/C=C/C(=O)OC)cc2)nc2ccccc21. The molecule has 0 aliphatic carbocycles. The molecule has 6 nitrogen and oxygen atoms in total. The highest BCUT2D eigenvalue weighted by molar-refractivity contribution is 5.92. The molecule has 0 aliphatic heterocycles. The molecule has 1 aromatic heterocycles. The van der Waals surface area contributed by atoms with E-state index in [0.717, 1.165) is 11.1 Å². The fourth-order valence-corrected chi connectivity index (χ4v) is 2.57. The zero-order valence-electron chi connectivity index (χ0n) is 14.5. The number of methoxy groups -OCH3 is 1. The molecule has 0 unspecified atom stereocenters. The summed E-state index contributed by atoms with van der Waals surface area (Å²) in [4.78, 5) is 28.2. The highest BCUT2D eigenvalue weighted by atomic mass is 16.5. The van der Waals surface area contributed by atoms with Gasteiger partial charge in [0, 0.05) is 11.6 Å². The summed E-state index contributed by atoms with van der Waals surface area (Å²) in [7, 11) is 1.33. The zero-order chi connectivity index (χ0) is 18.5. The molecule has 26 heavy (non-hydrogen) atoms. The first kappa shape index (κ1) is 17.4. The Morgan fingerprint density at radius 2 is 1.85 bits per heavy atom. The second-order valence-electron chi connectivity index (χ2n) is 5.44. The van der Waals surface area contributed by atoms with Crippen LogP contribution < -0.4 is 0 Å². The van der Waals surface area contributed by atoms with Gasteiger partial charge in [0.15, 0.2) is 5.82 Å². The van der Waals surface area contributed by atoms with Gasteiger partial charge in [0.05, 0.1) is 24.8 Å². The summed E-state index contributed by atoms with van der Waals surface area (Å²) in [6.45, 7) is 2.04. The van der Waals surface area contributed by atoms with Crippen LogP contribution in [0.1, 0.15) is 12.5 Å². The molecule has 0 saturated carbocycles. The van der Waals surface area contributed by atoms with Crippen molar-refractivity contribution in [3.8, 4) is 11.4 Å². The molecule has 0 aliphatic rings. The van der Waals surface area contributed by atoms with Gasteiger partial charge in [-0.1, -0.05) is 36.4 Å². The fraction of sp³-hybridized carbons (Fsp3) is 0.150. The van der Waals surface area contributed by atoms with Crippen LogP contribution in [-0.4, -0.2) is 35.3 Å². The molecule has 3 rings (SSSR count). The van der Waals surface area contributed by atoms with Crippen LogP contribution in [0.5, 0.6) is 0 Å². The Balaban J connectivity index is 2.02. The van der Waals surface area contributed by atoms with Crippen molar-refractivity contribution in [1.82, 2.24) is 9.55 Å². The lowest BCUT2D eigenvalue weighted by atomic mass is 10.1. The summed E-state index contributed by atoms with van der Waals surface area (Å²) < 4.78 is 11.2. The lowest BCUT2D eigenvalue weighted by molar-refractivity contribution is -0.134. The average molecular weight is 350 g/mol. The van der Waals surface area contributed by atoms with E-state index >= 15 is 0 Å². The summed E-state index contributed by atoms with van der Waals surface area (Å²) in [6, 6.07) is 14.8. The van der Waals surface area contributed by atoms with Crippen molar-refractivity contribution in [1.29, 1.82) is 0 Å². The third-order valence-corrected chi connectivity index (χ3v) is 3.79. The quantitative estimate of drug-likeness (QED) is 0.527. The molecule has 1 heterocycles. The highest BCUT2D eigenvalue weighted by Gasteiger charge is 2.18. The number of carbonyl (C=O) groups excluding carboxylic acids is 2. The van der Waals surface area contributed by atoms with E-state index in [4.69, 9.17) is 4.74 Å². The number of imidazole rings is 1.